The molecule has 3 aromatic rings. The number of hydrogen-bond donors (Lipinski definition) is 1. The molecule has 0 spiro atoms. The lowest BCUT2D eigenvalue weighted by molar-refractivity contribution is 0.675. The lowest BCUT2D eigenvalue weighted by Gasteiger charge is -2.01. The highest BCUT2D eigenvalue weighted by Crippen LogP contribution is 2.22. The third-order valence-electron chi connectivity index (χ3n) is 3.43. The monoisotopic (exact) mass is 285 g/mol. The van der Waals surface area contributed by atoms with Gasteiger partial charge in [-0.25, -0.2) is 4.98 Å². The third kappa shape index (κ3) is 2.76. The summed E-state index contributed by atoms with van der Waals surface area (Å²) in [5.74, 6) is 0. The van der Waals surface area contributed by atoms with Gasteiger partial charge in [0, 0.05) is 29.0 Å². The Labute approximate surface area is 123 Å². The van der Waals surface area contributed by atoms with Crippen molar-refractivity contribution in [1.82, 2.24) is 14.9 Å². The number of para-hydroxylation sites is 1. The van der Waals surface area contributed by atoms with E-state index in [2.05, 4.69) is 57.6 Å². The van der Waals surface area contributed by atoms with E-state index in [1.165, 1.54) is 16.5 Å². The summed E-state index contributed by atoms with van der Waals surface area (Å²) in [6.45, 7) is 5.03. The molecule has 0 atom stereocenters. The topological polar surface area (TPSA) is 29.9 Å². The third-order valence-corrected chi connectivity index (χ3v) is 4.06. The van der Waals surface area contributed by atoms with Crippen LogP contribution in [0, 0.1) is 0 Å². The zero-order valence-electron chi connectivity index (χ0n) is 11.7. The summed E-state index contributed by atoms with van der Waals surface area (Å²) >= 11 is 1.65. The van der Waals surface area contributed by atoms with Gasteiger partial charge in [0.25, 0.3) is 0 Å². The Kier molecular flexibility index (Phi) is 4.14. The molecule has 0 unspecified atom stereocenters. The molecule has 0 bridgehead atoms. The second-order valence-electron chi connectivity index (χ2n) is 4.96. The van der Waals surface area contributed by atoms with Gasteiger partial charge >= 0.3 is 0 Å². The lowest BCUT2D eigenvalue weighted by Crippen LogP contribution is -2.13. The maximum atomic E-state index is 4.39. The van der Waals surface area contributed by atoms with Gasteiger partial charge < -0.3 is 9.88 Å². The Morgan fingerprint density at radius 1 is 1.30 bits per heavy atom. The standard InChI is InChI=1S/C16H19N3S/c1-2-7-17-8-13-9-19(10-14-11-20-12-18-14)16-6-4-3-5-15(13)16/h3-6,9,11-12,17H,2,7-8,10H2,1H3. The van der Waals surface area contributed by atoms with Crippen molar-refractivity contribution in [3.8, 4) is 0 Å². The molecule has 2 aromatic heterocycles. The first kappa shape index (κ1) is 13.3. The molecule has 2 heterocycles. The van der Waals surface area contributed by atoms with Crippen LogP contribution in [0.25, 0.3) is 10.9 Å². The molecular formula is C16H19N3S. The molecule has 1 N–H and O–H groups in total. The summed E-state index contributed by atoms with van der Waals surface area (Å²) in [6, 6.07) is 8.60. The van der Waals surface area contributed by atoms with E-state index in [0.29, 0.717) is 0 Å². The lowest BCUT2D eigenvalue weighted by atomic mass is 10.2. The molecule has 0 aliphatic rings. The van der Waals surface area contributed by atoms with Crippen LogP contribution in [-0.4, -0.2) is 16.1 Å². The molecule has 0 saturated carbocycles. The van der Waals surface area contributed by atoms with Crippen LogP contribution in [0.2, 0.25) is 0 Å². The Hall–Kier alpha value is -1.65. The number of fused-ring (bicyclic) bond motifs is 1. The number of benzene rings is 1. The van der Waals surface area contributed by atoms with E-state index in [-0.39, 0.29) is 0 Å². The van der Waals surface area contributed by atoms with Crippen LogP contribution >= 0.6 is 11.3 Å². The van der Waals surface area contributed by atoms with E-state index in [4.69, 9.17) is 0 Å². The Morgan fingerprint density at radius 3 is 3.00 bits per heavy atom. The molecule has 0 radical (unpaired) electrons. The maximum absolute atomic E-state index is 4.39. The predicted molar refractivity (Wildman–Crippen MR) is 85.2 cm³/mol. The van der Waals surface area contributed by atoms with Crippen molar-refractivity contribution in [2.24, 2.45) is 0 Å². The zero-order chi connectivity index (χ0) is 13.8. The molecule has 1 aromatic carbocycles. The fourth-order valence-electron chi connectivity index (χ4n) is 2.48. The molecular weight excluding hydrogens is 266 g/mol. The Morgan fingerprint density at radius 2 is 2.20 bits per heavy atom. The van der Waals surface area contributed by atoms with Gasteiger partial charge in [-0.2, -0.15) is 0 Å². The average molecular weight is 285 g/mol. The van der Waals surface area contributed by atoms with Crippen molar-refractivity contribution in [3.63, 3.8) is 0 Å². The molecule has 3 nitrogen and oxygen atoms in total. The SMILES string of the molecule is CCCNCc1cn(Cc2cscn2)c2ccccc12. The molecule has 0 fully saturated rings. The highest BCUT2D eigenvalue weighted by atomic mass is 32.1. The largest absolute Gasteiger partial charge is 0.341 e. The minimum absolute atomic E-state index is 0.845. The zero-order valence-corrected chi connectivity index (χ0v) is 12.5. The molecule has 0 saturated heterocycles. The fraction of sp³-hybridized carbons (Fsp3) is 0.312. The van der Waals surface area contributed by atoms with E-state index in [0.717, 1.165) is 31.7 Å². The summed E-state index contributed by atoms with van der Waals surface area (Å²) in [7, 11) is 0. The Bertz CT molecular complexity index is 670. The second kappa shape index (κ2) is 6.20. The number of nitrogens with zero attached hydrogens (tertiary/aromatic N) is 2. The number of hydrogen-bond acceptors (Lipinski definition) is 3. The van der Waals surface area contributed by atoms with Crippen LogP contribution in [-0.2, 0) is 13.1 Å². The van der Waals surface area contributed by atoms with E-state index in [9.17, 15) is 0 Å². The smallest absolute Gasteiger partial charge is 0.0795 e. The summed E-state index contributed by atoms with van der Waals surface area (Å²) in [6.07, 6.45) is 3.42. The first-order valence-electron chi connectivity index (χ1n) is 7.03. The minimum atomic E-state index is 0.845. The van der Waals surface area contributed by atoms with Crippen molar-refractivity contribution in [1.29, 1.82) is 0 Å². The molecule has 3 rings (SSSR count). The number of thiazole rings is 1. The van der Waals surface area contributed by atoms with Crippen LogP contribution < -0.4 is 5.32 Å². The minimum Gasteiger partial charge on any atom is -0.341 e. The van der Waals surface area contributed by atoms with Gasteiger partial charge in [-0.3, -0.25) is 0 Å². The van der Waals surface area contributed by atoms with Crippen LogP contribution in [0.3, 0.4) is 0 Å². The molecule has 20 heavy (non-hydrogen) atoms. The number of rotatable bonds is 6. The van der Waals surface area contributed by atoms with Gasteiger partial charge in [0.1, 0.15) is 0 Å². The molecule has 4 heteroatoms. The maximum Gasteiger partial charge on any atom is 0.0795 e. The number of aromatic nitrogens is 2. The predicted octanol–water partition coefficient (Wildman–Crippen LogP) is 3.65. The molecule has 104 valence electrons. The molecule has 0 amide bonds. The van der Waals surface area contributed by atoms with Crippen molar-refractivity contribution >= 4 is 22.2 Å². The first-order chi connectivity index (χ1) is 9.88. The normalized spacial score (nSPS) is 11.2. The van der Waals surface area contributed by atoms with E-state index in [1.807, 2.05) is 5.51 Å². The van der Waals surface area contributed by atoms with Crippen LogP contribution in [0.4, 0.5) is 0 Å². The van der Waals surface area contributed by atoms with Gasteiger partial charge in [0.15, 0.2) is 0 Å². The van der Waals surface area contributed by atoms with Gasteiger partial charge in [-0.1, -0.05) is 25.1 Å². The average Bonchev–Trinajstić information content (AvgIpc) is 3.09. The highest BCUT2D eigenvalue weighted by molar-refractivity contribution is 7.07. The van der Waals surface area contributed by atoms with Gasteiger partial charge in [-0.15, -0.1) is 11.3 Å². The second-order valence-corrected chi connectivity index (χ2v) is 5.67. The molecule has 0 aliphatic heterocycles. The summed E-state index contributed by atoms with van der Waals surface area (Å²) in [5.41, 5.74) is 5.67. The van der Waals surface area contributed by atoms with Crippen LogP contribution in [0.5, 0.6) is 0 Å². The number of nitrogens with one attached hydrogen (secondary N) is 1. The summed E-state index contributed by atoms with van der Waals surface area (Å²) in [5, 5.41) is 6.94. The van der Waals surface area contributed by atoms with Crippen molar-refractivity contribution < 1.29 is 0 Å². The first-order valence-corrected chi connectivity index (χ1v) is 7.97. The van der Waals surface area contributed by atoms with Gasteiger partial charge in [-0.05, 0) is 24.6 Å². The molecule has 0 aliphatic carbocycles. The van der Waals surface area contributed by atoms with E-state index < -0.39 is 0 Å². The summed E-state index contributed by atoms with van der Waals surface area (Å²) in [4.78, 5) is 4.39. The van der Waals surface area contributed by atoms with E-state index >= 15 is 0 Å². The quantitative estimate of drug-likeness (QED) is 0.701. The van der Waals surface area contributed by atoms with Gasteiger partial charge in [0.05, 0.1) is 17.7 Å². The van der Waals surface area contributed by atoms with Crippen molar-refractivity contribution in [2.75, 3.05) is 6.54 Å². The van der Waals surface area contributed by atoms with Crippen LogP contribution in [0.1, 0.15) is 24.6 Å². The van der Waals surface area contributed by atoms with E-state index in [1.54, 1.807) is 11.3 Å². The fourth-order valence-corrected chi connectivity index (χ4v) is 3.03. The van der Waals surface area contributed by atoms with Crippen molar-refractivity contribution in [2.45, 2.75) is 26.4 Å². The van der Waals surface area contributed by atoms with Crippen molar-refractivity contribution in [3.05, 3.63) is 52.6 Å². The highest BCUT2D eigenvalue weighted by Gasteiger charge is 2.08. The van der Waals surface area contributed by atoms with Crippen LogP contribution in [0.15, 0.2) is 41.4 Å². The Balaban J connectivity index is 1.91. The summed E-state index contributed by atoms with van der Waals surface area (Å²) < 4.78 is 2.30. The van der Waals surface area contributed by atoms with Gasteiger partial charge in [0.2, 0.25) is 0 Å².